The summed E-state index contributed by atoms with van der Waals surface area (Å²) in [6, 6.07) is 8.47. The van der Waals surface area contributed by atoms with Gasteiger partial charge in [0, 0.05) is 37.8 Å². The minimum atomic E-state index is -2.87. The van der Waals surface area contributed by atoms with Crippen molar-refractivity contribution in [3.8, 4) is 23.0 Å². The number of aromatic nitrogens is 3. The first kappa shape index (κ1) is 33.0. The first-order chi connectivity index (χ1) is 24.1. The number of hydrogen-bond donors (Lipinski definition) is 1. The number of rotatable bonds is 5. The minimum Gasteiger partial charge on any atom is -0.740 e. The van der Waals surface area contributed by atoms with Crippen LogP contribution in [0, 0.1) is 5.82 Å². The fraction of sp³-hybridized carbons (Fsp3) is 0.486. The van der Waals surface area contributed by atoms with Crippen molar-refractivity contribution < 1.29 is 36.0 Å². The van der Waals surface area contributed by atoms with Crippen molar-refractivity contribution in [1.29, 1.82) is 0 Å². The maximum atomic E-state index is 17.1. The number of carbonyl (C=O) groups is 1. The number of nitrogens with one attached hydrogen (secondary N) is 1. The summed E-state index contributed by atoms with van der Waals surface area (Å²) in [6.07, 6.45) is 4.49. The Bertz CT molecular complexity index is 2020. The zero-order chi connectivity index (χ0) is 34.6. The molecule has 4 atom stereocenters. The van der Waals surface area contributed by atoms with Gasteiger partial charge >= 0.3 is 12.1 Å². The van der Waals surface area contributed by atoms with Gasteiger partial charge in [0.1, 0.15) is 46.9 Å². The highest BCUT2D eigenvalue weighted by Crippen LogP contribution is 2.42. The largest absolute Gasteiger partial charge is 0.740 e. The van der Waals surface area contributed by atoms with E-state index in [1.165, 1.54) is 12.3 Å². The summed E-state index contributed by atoms with van der Waals surface area (Å²) in [6.45, 7) is 4.33. The van der Waals surface area contributed by atoms with Gasteiger partial charge in [0.25, 0.3) is 0 Å². The molecule has 6 bridgehead atoms. The summed E-state index contributed by atoms with van der Waals surface area (Å²) in [5.74, 6) is -0.347. The zero-order valence-corrected chi connectivity index (χ0v) is 28.4. The summed E-state index contributed by atoms with van der Waals surface area (Å²) in [5.41, 5.74) is -0.0845. The summed E-state index contributed by atoms with van der Waals surface area (Å²) < 4.78 is 71.8. The first-order valence-corrected chi connectivity index (χ1v) is 18.0. The number of alkyl halides is 1. The van der Waals surface area contributed by atoms with Gasteiger partial charge in [-0.15, -0.1) is 0 Å². The third-order valence-corrected chi connectivity index (χ3v) is 10.9. The van der Waals surface area contributed by atoms with E-state index < -0.39 is 40.5 Å². The van der Waals surface area contributed by atoms with Gasteiger partial charge in [0.05, 0.1) is 23.1 Å². The van der Waals surface area contributed by atoms with E-state index in [1.807, 2.05) is 24.0 Å². The zero-order valence-electron chi connectivity index (χ0n) is 27.6. The third-order valence-electron chi connectivity index (χ3n) is 10.6. The molecule has 1 N–H and O–H groups in total. The van der Waals surface area contributed by atoms with Gasteiger partial charge in [-0.2, -0.15) is 9.97 Å². The average molecular weight is 708 g/mol. The number of hydrogen-bond acceptors (Lipinski definition) is 11. The highest BCUT2D eigenvalue weighted by atomic mass is 32.2. The molecule has 12 nitrogen and oxygen atoms in total. The SMILES string of the molecule is C[C@@]12CCCN(C1)c1nc(OC[C@@]34CCCN3C[C@H](F)C4)nc3c(F)c(ncc13)-c1cc(OS(=O)[O-])cc3cccc(c13)CCCOC(=O)N2. The van der Waals surface area contributed by atoms with E-state index in [9.17, 15) is 17.9 Å². The number of anilines is 1. The van der Waals surface area contributed by atoms with Crippen LogP contribution in [-0.2, 0) is 22.5 Å². The normalized spacial score (nSPS) is 26.1. The molecule has 0 saturated carbocycles. The number of nitrogens with zero attached hydrogens (tertiary/aromatic N) is 5. The number of ether oxygens (including phenoxy) is 2. The molecule has 15 heteroatoms. The lowest BCUT2D eigenvalue weighted by molar-refractivity contribution is 0.107. The smallest absolute Gasteiger partial charge is 0.407 e. The van der Waals surface area contributed by atoms with Crippen LogP contribution in [0.1, 0.15) is 51.0 Å². The highest BCUT2D eigenvalue weighted by Gasteiger charge is 2.49. The second kappa shape index (κ2) is 12.8. The van der Waals surface area contributed by atoms with Crippen LogP contribution in [0.5, 0.6) is 11.8 Å². The molecular weight excluding hydrogens is 670 g/mol. The number of aryl methyl sites for hydroxylation is 1. The lowest BCUT2D eigenvalue weighted by Gasteiger charge is -2.41. The molecule has 0 aliphatic carbocycles. The predicted molar refractivity (Wildman–Crippen MR) is 181 cm³/mol. The van der Waals surface area contributed by atoms with Crippen LogP contribution in [0.15, 0.2) is 36.5 Å². The molecule has 5 aliphatic heterocycles. The van der Waals surface area contributed by atoms with Gasteiger partial charge in [-0.25, -0.2) is 17.8 Å². The summed E-state index contributed by atoms with van der Waals surface area (Å²) >= 11 is -2.87. The standard InChI is InChI=1S/C35H38F2N6O6S/c1-34-9-4-11-42(19-34)31-26-17-38-29(28(37)30(26)39-32(40-31)48-20-35-10-5-12-43(35)18-23(36)16-35)25-15-24(49-50(45)46)14-22-7-2-6-21(27(22)25)8-3-13-47-33(44)41-34/h2,6-7,14-15,17,23H,3-5,8-13,16,18-20H2,1H3,(H,41,44)(H,45,46)/p-1/t23-,34-,35+/m1/s1. The molecule has 4 aromatic rings. The maximum absolute atomic E-state index is 17.1. The fourth-order valence-electron chi connectivity index (χ4n) is 8.39. The number of amides is 1. The Kier molecular flexibility index (Phi) is 8.46. The number of alkyl carbamates (subject to hydrolysis) is 1. The van der Waals surface area contributed by atoms with E-state index in [4.69, 9.17) is 18.6 Å². The van der Waals surface area contributed by atoms with Gasteiger partial charge < -0.3 is 28.4 Å². The van der Waals surface area contributed by atoms with E-state index in [0.29, 0.717) is 79.3 Å². The Morgan fingerprint density at radius 3 is 2.90 bits per heavy atom. The quantitative estimate of drug-likeness (QED) is 0.276. The second-order valence-electron chi connectivity index (χ2n) is 14.1. The van der Waals surface area contributed by atoms with E-state index in [1.54, 1.807) is 12.1 Å². The molecule has 3 fully saturated rings. The number of pyridine rings is 1. The minimum absolute atomic E-state index is 0.00622. The number of carbonyl (C=O) groups excluding carboxylic acids is 1. The Balaban J connectivity index is 1.31. The van der Waals surface area contributed by atoms with Crippen LogP contribution in [0.4, 0.5) is 19.4 Å². The van der Waals surface area contributed by atoms with Crippen LogP contribution in [-0.4, -0.2) is 91.3 Å². The molecule has 9 rings (SSSR count). The molecule has 2 aromatic heterocycles. The topological polar surface area (TPSA) is 142 Å². The van der Waals surface area contributed by atoms with Crippen LogP contribution in [0.25, 0.3) is 32.9 Å². The third kappa shape index (κ3) is 6.08. The first-order valence-electron chi connectivity index (χ1n) is 17.0. The highest BCUT2D eigenvalue weighted by molar-refractivity contribution is 7.74. The molecule has 7 heterocycles. The van der Waals surface area contributed by atoms with E-state index in [2.05, 4.69) is 20.2 Å². The van der Waals surface area contributed by atoms with Gasteiger partial charge in [0.15, 0.2) is 5.82 Å². The van der Waals surface area contributed by atoms with Crippen LogP contribution < -0.4 is 19.1 Å². The van der Waals surface area contributed by atoms with Crippen molar-refractivity contribution in [1.82, 2.24) is 25.2 Å². The lowest BCUT2D eigenvalue weighted by Crippen LogP contribution is -2.57. The monoisotopic (exact) mass is 707 g/mol. The van der Waals surface area contributed by atoms with Crippen molar-refractivity contribution in [2.24, 2.45) is 0 Å². The molecule has 264 valence electrons. The molecule has 5 aliphatic rings. The van der Waals surface area contributed by atoms with Crippen molar-refractivity contribution in [3.05, 3.63) is 47.9 Å². The number of benzene rings is 2. The number of halogens is 2. The molecule has 50 heavy (non-hydrogen) atoms. The summed E-state index contributed by atoms with van der Waals surface area (Å²) in [7, 11) is 0. The Hall–Kier alpha value is -4.21. The molecule has 3 saturated heterocycles. The molecular formula is C35H37F2N6O6S-. The summed E-state index contributed by atoms with van der Waals surface area (Å²) in [4.78, 5) is 31.1. The van der Waals surface area contributed by atoms with E-state index >= 15 is 4.39 Å². The van der Waals surface area contributed by atoms with Crippen LogP contribution in [0.3, 0.4) is 0 Å². The molecule has 1 unspecified atom stereocenters. The molecule has 0 radical (unpaired) electrons. The Morgan fingerprint density at radius 1 is 1.18 bits per heavy atom. The lowest BCUT2D eigenvalue weighted by atomic mass is 9.91. The maximum Gasteiger partial charge on any atom is 0.407 e. The van der Waals surface area contributed by atoms with E-state index in [0.717, 1.165) is 24.9 Å². The van der Waals surface area contributed by atoms with E-state index in [-0.39, 0.29) is 36.2 Å². The predicted octanol–water partition coefficient (Wildman–Crippen LogP) is 5.14. The van der Waals surface area contributed by atoms with Gasteiger partial charge in [-0.05, 0) is 80.5 Å². The van der Waals surface area contributed by atoms with Crippen molar-refractivity contribution in [2.45, 2.75) is 69.1 Å². The molecule has 2 aromatic carbocycles. The Morgan fingerprint density at radius 2 is 2.04 bits per heavy atom. The van der Waals surface area contributed by atoms with Crippen molar-refractivity contribution in [3.63, 3.8) is 0 Å². The number of fused-ring (bicyclic) bond motifs is 7. The Labute approximate surface area is 290 Å². The second-order valence-corrected chi connectivity index (χ2v) is 14.7. The van der Waals surface area contributed by atoms with Gasteiger partial charge in [0.2, 0.25) is 0 Å². The molecule has 0 spiro atoms. The van der Waals surface area contributed by atoms with Crippen molar-refractivity contribution >= 4 is 44.9 Å². The van der Waals surface area contributed by atoms with Crippen LogP contribution >= 0.6 is 0 Å². The van der Waals surface area contributed by atoms with Gasteiger partial charge in [-0.3, -0.25) is 9.88 Å². The number of piperidine rings is 1. The fourth-order valence-corrected chi connectivity index (χ4v) is 8.65. The summed E-state index contributed by atoms with van der Waals surface area (Å²) in [5, 5.41) is 4.65. The van der Waals surface area contributed by atoms with Crippen LogP contribution in [0.2, 0.25) is 0 Å². The average Bonchev–Trinajstić information content (AvgIpc) is 3.60. The van der Waals surface area contributed by atoms with Crippen molar-refractivity contribution in [2.75, 3.05) is 44.3 Å². The molecule has 1 amide bonds. The van der Waals surface area contributed by atoms with Gasteiger partial charge in [-0.1, -0.05) is 18.2 Å².